The largest absolute Gasteiger partial charge is 0.450 e. The van der Waals surface area contributed by atoms with E-state index in [0.717, 1.165) is 30.5 Å². The van der Waals surface area contributed by atoms with Crippen molar-refractivity contribution in [2.45, 2.75) is 31.2 Å². The maximum atomic E-state index is 12.4. The Balaban J connectivity index is 1.53. The van der Waals surface area contributed by atoms with Gasteiger partial charge in [0.2, 0.25) is 5.91 Å². The molecule has 0 aromatic carbocycles. The highest BCUT2D eigenvalue weighted by molar-refractivity contribution is 7.99. The number of hydrogen-bond acceptors (Lipinski definition) is 6. The standard InChI is InChI=1S/C16H22N4O4S/c1-2-24-16(23)20-8-6-19(7-9-20)13(21)10-25-14-11-4-3-5-12(11)17-15(22)18-14/h2-10H2,1H3,(H,17,18,22). The summed E-state index contributed by atoms with van der Waals surface area (Å²) in [5.74, 6) is 0.254. The molecule has 0 bridgehead atoms. The Morgan fingerprint density at radius 2 is 1.92 bits per heavy atom. The fraction of sp³-hybridized carbons (Fsp3) is 0.625. The third-order valence-corrected chi connectivity index (χ3v) is 5.43. The van der Waals surface area contributed by atoms with Crippen molar-refractivity contribution in [1.29, 1.82) is 0 Å². The molecule has 1 fully saturated rings. The molecule has 2 amide bonds. The minimum Gasteiger partial charge on any atom is -0.450 e. The van der Waals surface area contributed by atoms with Crippen LogP contribution in [0.3, 0.4) is 0 Å². The molecule has 1 saturated heterocycles. The number of ether oxygens (including phenoxy) is 1. The van der Waals surface area contributed by atoms with E-state index in [0.29, 0.717) is 37.8 Å². The van der Waals surface area contributed by atoms with Crippen molar-refractivity contribution >= 4 is 23.8 Å². The van der Waals surface area contributed by atoms with E-state index in [4.69, 9.17) is 4.74 Å². The molecule has 1 aliphatic heterocycles. The van der Waals surface area contributed by atoms with Gasteiger partial charge < -0.3 is 19.5 Å². The molecule has 2 heterocycles. The average Bonchev–Trinajstić information content (AvgIpc) is 3.08. The normalized spacial score (nSPS) is 16.7. The summed E-state index contributed by atoms with van der Waals surface area (Å²) in [5.41, 5.74) is 1.68. The van der Waals surface area contributed by atoms with E-state index < -0.39 is 0 Å². The molecule has 9 heteroatoms. The van der Waals surface area contributed by atoms with Gasteiger partial charge in [0.15, 0.2) is 0 Å². The van der Waals surface area contributed by atoms with Crippen LogP contribution in [0.25, 0.3) is 0 Å². The monoisotopic (exact) mass is 366 g/mol. The number of aromatic nitrogens is 2. The summed E-state index contributed by atoms with van der Waals surface area (Å²) in [6, 6.07) is 0. The van der Waals surface area contributed by atoms with Crippen LogP contribution in [0.5, 0.6) is 0 Å². The number of thioether (sulfide) groups is 1. The molecule has 0 saturated carbocycles. The smallest absolute Gasteiger partial charge is 0.409 e. The number of hydrogen-bond donors (Lipinski definition) is 1. The van der Waals surface area contributed by atoms with Gasteiger partial charge >= 0.3 is 11.8 Å². The van der Waals surface area contributed by atoms with Gasteiger partial charge in [0.05, 0.1) is 12.4 Å². The summed E-state index contributed by atoms with van der Waals surface area (Å²) in [4.78, 5) is 45.9. The number of H-pyrrole nitrogens is 1. The summed E-state index contributed by atoms with van der Waals surface area (Å²) >= 11 is 1.33. The molecule has 8 nitrogen and oxygen atoms in total. The molecule has 1 aromatic heterocycles. The number of nitrogens with zero attached hydrogens (tertiary/aromatic N) is 3. The lowest BCUT2D eigenvalue weighted by molar-refractivity contribution is -0.129. The average molecular weight is 366 g/mol. The topological polar surface area (TPSA) is 95.6 Å². The Kier molecular flexibility index (Phi) is 5.62. The van der Waals surface area contributed by atoms with Crippen LogP contribution in [0.15, 0.2) is 9.82 Å². The maximum Gasteiger partial charge on any atom is 0.409 e. The number of aryl methyl sites for hydroxylation is 1. The Bertz CT molecular complexity index is 713. The van der Waals surface area contributed by atoms with E-state index in [1.165, 1.54) is 11.8 Å². The molecular weight excluding hydrogens is 344 g/mol. The van der Waals surface area contributed by atoms with Gasteiger partial charge in [-0.05, 0) is 26.2 Å². The van der Waals surface area contributed by atoms with Gasteiger partial charge in [-0.3, -0.25) is 4.79 Å². The highest BCUT2D eigenvalue weighted by Gasteiger charge is 2.25. The third kappa shape index (κ3) is 4.15. The first-order valence-electron chi connectivity index (χ1n) is 8.53. The number of aromatic amines is 1. The van der Waals surface area contributed by atoms with Crippen LogP contribution in [0.1, 0.15) is 24.6 Å². The molecule has 0 atom stereocenters. The lowest BCUT2D eigenvalue weighted by Gasteiger charge is -2.34. The quantitative estimate of drug-likeness (QED) is 0.621. The van der Waals surface area contributed by atoms with Crippen molar-refractivity contribution in [2.75, 3.05) is 38.5 Å². The molecule has 0 spiro atoms. The van der Waals surface area contributed by atoms with E-state index in [-0.39, 0.29) is 23.4 Å². The van der Waals surface area contributed by atoms with Crippen molar-refractivity contribution in [3.8, 4) is 0 Å². The predicted octanol–water partition coefficient (Wildman–Crippen LogP) is 0.651. The fourth-order valence-corrected chi connectivity index (χ4v) is 4.12. The SMILES string of the molecule is CCOC(=O)N1CCN(C(=O)CSc2nc(=O)[nH]c3c2CCC3)CC1. The van der Waals surface area contributed by atoms with Gasteiger partial charge in [-0.25, -0.2) is 9.59 Å². The van der Waals surface area contributed by atoms with Crippen LogP contribution in [0.4, 0.5) is 4.79 Å². The van der Waals surface area contributed by atoms with Gasteiger partial charge in [0, 0.05) is 37.4 Å². The van der Waals surface area contributed by atoms with Crippen LogP contribution in [0.2, 0.25) is 0 Å². The molecule has 1 aliphatic carbocycles. The lowest BCUT2D eigenvalue weighted by atomic mass is 10.3. The lowest BCUT2D eigenvalue weighted by Crippen LogP contribution is -2.51. The molecule has 136 valence electrons. The zero-order valence-corrected chi connectivity index (χ0v) is 15.1. The van der Waals surface area contributed by atoms with Crippen molar-refractivity contribution in [3.63, 3.8) is 0 Å². The molecule has 25 heavy (non-hydrogen) atoms. The third-order valence-electron chi connectivity index (χ3n) is 4.43. The van der Waals surface area contributed by atoms with Crippen LogP contribution in [-0.2, 0) is 22.4 Å². The van der Waals surface area contributed by atoms with Gasteiger partial charge in [-0.15, -0.1) is 0 Å². The highest BCUT2D eigenvalue weighted by Crippen LogP contribution is 2.27. The number of nitrogens with one attached hydrogen (secondary N) is 1. The van der Waals surface area contributed by atoms with Crippen molar-refractivity contribution < 1.29 is 14.3 Å². The van der Waals surface area contributed by atoms with Crippen molar-refractivity contribution in [2.24, 2.45) is 0 Å². The molecule has 2 aliphatic rings. The molecule has 1 aromatic rings. The fourth-order valence-electron chi connectivity index (χ4n) is 3.13. The Hall–Kier alpha value is -2.03. The van der Waals surface area contributed by atoms with Gasteiger partial charge in [0.1, 0.15) is 5.03 Å². The molecule has 0 radical (unpaired) electrons. The second-order valence-corrected chi connectivity index (χ2v) is 6.98. The summed E-state index contributed by atoms with van der Waals surface area (Å²) in [6.45, 7) is 4.08. The zero-order chi connectivity index (χ0) is 17.8. The summed E-state index contributed by atoms with van der Waals surface area (Å²) in [6.07, 6.45) is 2.44. The molecule has 1 N–H and O–H groups in total. The van der Waals surface area contributed by atoms with E-state index in [1.807, 2.05) is 0 Å². The maximum absolute atomic E-state index is 12.4. The van der Waals surface area contributed by atoms with Crippen LogP contribution >= 0.6 is 11.8 Å². The molecular formula is C16H22N4O4S. The highest BCUT2D eigenvalue weighted by atomic mass is 32.2. The van der Waals surface area contributed by atoms with Gasteiger partial charge in [-0.2, -0.15) is 4.98 Å². The number of piperazine rings is 1. The van der Waals surface area contributed by atoms with Crippen molar-refractivity contribution in [1.82, 2.24) is 19.8 Å². The van der Waals surface area contributed by atoms with Crippen LogP contribution < -0.4 is 5.69 Å². The number of carbonyl (C=O) groups excluding carboxylic acids is 2. The number of carbonyl (C=O) groups is 2. The first-order chi connectivity index (χ1) is 12.1. The van der Waals surface area contributed by atoms with Crippen LogP contribution in [0, 0.1) is 0 Å². The van der Waals surface area contributed by atoms with E-state index >= 15 is 0 Å². The number of fused-ring (bicyclic) bond motifs is 1. The van der Waals surface area contributed by atoms with E-state index in [1.54, 1.807) is 16.7 Å². The molecule has 3 rings (SSSR count). The minimum atomic E-state index is -0.348. The summed E-state index contributed by atoms with van der Waals surface area (Å²) in [5, 5.41) is 0.676. The molecule has 0 unspecified atom stereocenters. The second-order valence-electron chi connectivity index (χ2n) is 6.01. The van der Waals surface area contributed by atoms with E-state index in [9.17, 15) is 14.4 Å². The van der Waals surface area contributed by atoms with Gasteiger partial charge in [0.25, 0.3) is 0 Å². The Labute approximate surface area is 149 Å². The van der Waals surface area contributed by atoms with E-state index in [2.05, 4.69) is 9.97 Å². The first kappa shape index (κ1) is 17.8. The summed E-state index contributed by atoms with van der Waals surface area (Å²) < 4.78 is 4.97. The first-order valence-corrected chi connectivity index (χ1v) is 9.51. The Morgan fingerprint density at radius 1 is 1.20 bits per heavy atom. The van der Waals surface area contributed by atoms with Crippen molar-refractivity contribution in [3.05, 3.63) is 21.7 Å². The number of amides is 2. The Morgan fingerprint density at radius 3 is 2.64 bits per heavy atom. The zero-order valence-electron chi connectivity index (χ0n) is 14.2. The number of rotatable bonds is 4. The predicted molar refractivity (Wildman–Crippen MR) is 92.8 cm³/mol. The minimum absolute atomic E-state index is 0.00216. The van der Waals surface area contributed by atoms with Gasteiger partial charge in [-0.1, -0.05) is 11.8 Å². The van der Waals surface area contributed by atoms with Crippen LogP contribution in [-0.4, -0.2) is 70.3 Å². The summed E-state index contributed by atoms with van der Waals surface area (Å²) in [7, 11) is 0. The second kappa shape index (κ2) is 7.90.